The highest BCUT2D eigenvalue weighted by Gasteiger charge is 2.27. The lowest BCUT2D eigenvalue weighted by Crippen LogP contribution is -2.47. The Balaban J connectivity index is 1.35. The fourth-order valence-corrected chi connectivity index (χ4v) is 3.45. The summed E-state index contributed by atoms with van der Waals surface area (Å²) in [7, 11) is 1.95. The Kier molecular flexibility index (Phi) is 3.29. The fourth-order valence-electron chi connectivity index (χ4n) is 3.45. The van der Waals surface area contributed by atoms with Crippen LogP contribution >= 0.6 is 0 Å². The minimum Gasteiger partial charge on any atom is -0.353 e. The van der Waals surface area contributed by atoms with Crippen molar-refractivity contribution in [3.8, 4) is 0 Å². The van der Waals surface area contributed by atoms with E-state index >= 15 is 0 Å². The quantitative estimate of drug-likeness (QED) is 0.715. The molecule has 128 valence electrons. The van der Waals surface area contributed by atoms with E-state index in [0.717, 1.165) is 49.0 Å². The molecule has 0 unspecified atom stereocenters. The Hall–Kier alpha value is -2.77. The fraction of sp³-hybridized carbons (Fsp3) is 0.471. The van der Waals surface area contributed by atoms with Gasteiger partial charge in [-0.1, -0.05) is 0 Å². The van der Waals surface area contributed by atoms with Crippen molar-refractivity contribution in [1.29, 1.82) is 0 Å². The van der Waals surface area contributed by atoms with Crippen molar-refractivity contribution in [3.05, 3.63) is 30.7 Å². The van der Waals surface area contributed by atoms with Crippen LogP contribution in [0.4, 0.5) is 11.6 Å². The van der Waals surface area contributed by atoms with Crippen molar-refractivity contribution in [2.24, 2.45) is 7.05 Å². The van der Waals surface area contributed by atoms with Crippen LogP contribution < -0.4 is 9.80 Å². The van der Waals surface area contributed by atoms with Gasteiger partial charge in [-0.15, -0.1) is 0 Å². The summed E-state index contributed by atoms with van der Waals surface area (Å²) in [6.07, 6.45) is 7.64. The highest BCUT2D eigenvalue weighted by molar-refractivity contribution is 5.83. The average Bonchev–Trinajstić information content (AvgIpc) is 3.45. The molecule has 2 aliphatic rings. The van der Waals surface area contributed by atoms with Gasteiger partial charge in [0.25, 0.3) is 0 Å². The van der Waals surface area contributed by atoms with Gasteiger partial charge in [0.2, 0.25) is 0 Å². The Morgan fingerprint density at radius 1 is 0.880 bits per heavy atom. The van der Waals surface area contributed by atoms with E-state index in [4.69, 9.17) is 0 Å². The van der Waals surface area contributed by atoms with Crippen molar-refractivity contribution in [1.82, 2.24) is 29.5 Å². The lowest BCUT2D eigenvalue weighted by molar-refractivity contribution is 0.641. The zero-order valence-corrected chi connectivity index (χ0v) is 14.2. The number of aromatic nitrogens is 6. The first-order chi connectivity index (χ1) is 12.3. The van der Waals surface area contributed by atoms with Gasteiger partial charge in [0.05, 0.1) is 6.33 Å². The minimum absolute atomic E-state index is 0.654. The molecule has 2 fully saturated rings. The first-order valence-corrected chi connectivity index (χ1v) is 8.73. The predicted octanol–water partition coefficient (Wildman–Crippen LogP) is 1.36. The van der Waals surface area contributed by atoms with Crippen LogP contribution in [0.5, 0.6) is 0 Å². The Morgan fingerprint density at radius 3 is 2.44 bits per heavy atom. The number of anilines is 2. The molecule has 0 bridgehead atoms. The number of piperazine rings is 1. The van der Waals surface area contributed by atoms with Gasteiger partial charge in [0.1, 0.15) is 18.5 Å². The van der Waals surface area contributed by atoms with Gasteiger partial charge in [-0.05, 0) is 12.8 Å². The molecule has 25 heavy (non-hydrogen) atoms. The summed E-state index contributed by atoms with van der Waals surface area (Å²) >= 11 is 0. The third-order valence-electron chi connectivity index (χ3n) is 5.05. The third kappa shape index (κ3) is 2.57. The van der Waals surface area contributed by atoms with Gasteiger partial charge >= 0.3 is 0 Å². The van der Waals surface area contributed by atoms with Crippen LogP contribution in [0, 0.1) is 0 Å². The number of hydrogen-bond acceptors (Lipinski definition) is 7. The van der Waals surface area contributed by atoms with Crippen LogP contribution in [0.3, 0.4) is 0 Å². The number of rotatable bonds is 3. The monoisotopic (exact) mass is 336 g/mol. The summed E-state index contributed by atoms with van der Waals surface area (Å²) in [4.78, 5) is 26.8. The molecule has 0 aromatic carbocycles. The molecule has 3 aromatic rings. The molecule has 1 aliphatic heterocycles. The Labute approximate surface area is 145 Å². The summed E-state index contributed by atoms with van der Waals surface area (Å²) in [5, 5.41) is 0. The van der Waals surface area contributed by atoms with Gasteiger partial charge in [-0.3, -0.25) is 0 Å². The van der Waals surface area contributed by atoms with Crippen LogP contribution in [0.1, 0.15) is 24.5 Å². The first kappa shape index (κ1) is 14.6. The molecule has 0 N–H and O–H groups in total. The molecule has 0 spiro atoms. The zero-order chi connectivity index (χ0) is 16.8. The number of nitrogens with zero attached hydrogens (tertiary/aromatic N) is 8. The van der Waals surface area contributed by atoms with Crippen molar-refractivity contribution < 1.29 is 0 Å². The highest BCUT2D eigenvalue weighted by Crippen LogP contribution is 2.39. The molecule has 0 amide bonds. The summed E-state index contributed by atoms with van der Waals surface area (Å²) in [5.74, 6) is 2.62. The summed E-state index contributed by atoms with van der Waals surface area (Å²) in [6.45, 7) is 3.62. The van der Waals surface area contributed by atoms with Gasteiger partial charge in [0, 0.05) is 50.9 Å². The van der Waals surface area contributed by atoms with E-state index in [1.807, 2.05) is 11.6 Å². The molecule has 3 aromatic heterocycles. The van der Waals surface area contributed by atoms with Crippen molar-refractivity contribution in [3.63, 3.8) is 0 Å². The highest BCUT2D eigenvalue weighted by atomic mass is 15.3. The normalized spacial score (nSPS) is 18.1. The van der Waals surface area contributed by atoms with Gasteiger partial charge in [0.15, 0.2) is 17.0 Å². The predicted molar refractivity (Wildman–Crippen MR) is 94.7 cm³/mol. The third-order valence-corrected chi connectivity index (χ3v) is 5.05. The van der Waals surface area contributed by atoms with E-state index in [0.29, 0.717) is 5.92 Å². The van der Waals surface area contributed by atoms with Crippen molar-refractivity contribution >= 4 is 22.8 Å². The number of imidazole rings is 1. The first-order valence-electron chi connectivity index (χ1n) is 8.73. The molecule has 1 saturated carbocycles. The number of fused-ring (bicyclic) bond motifs is 1. The maximum Gasteiger partial charge on any atom is 0.165 e. The molecule has 4 heterocycles. The SMILES string of the molecule is Cn1cnc2c(N3CCN(c4cc(C5CC5)ncn4)CC3)ncnc21. The lowest BCUT2D eigenvalue weighted by Gasteiger charge is -2.36. The second kappa shape index (κ2) is 5.65. The molecule has 8 heteroatoms. The van der Waals surface area contributed by atoms with E-state index in [-0.39, 0.29) is 0 Å². The van der Waals surface area contributed by atoms with E-state index in [9.17, 15) is 0 Å². The zero-order valence-electron chi connectivity index (χ0n) is 14.2. The molecule has 1 saturated heterocycles. The molecule has 5 rings (SSSR count). The minimum atomic E-state index is 0.654. The molecule has 1 aliphatic carbocycles. The van der Waals surface area contributed by atoms with Crippen molar-refractivity contribution in [2.75, 3.05) is 36.0 Å². The number of aryl methyl sites for hydroxylation is 1. The molecular weight excluding hydrogens is 316 g/mol. The number of hydrogen-bond donors (Lipinski definition) is 0. The summed E-state index contributed by atoms with van der Waals surface area (Å²) in [6, 6.07) is 2.16. The van der Waals surface area contributed by atoms with Crippen LogP contribution in [-0.4, -0.2) is 55.7 Å². The van der Waals surface area contributed by atoms with Crippen LogP contribution in [-0.2, 0) is 7.05 Å². The van der Waals surface area contributed by atoms with Gasteiger partial charge < -0.3 is 14.4 Å². The topological polar surface area (TPSA) is 75.9 Å². The van der Waals surface area contributed by atoms with E-state index < -0.39 is 0 Å². The summed E-state index contributed by atoms with van der Waals surface area (Å²) < 4.78 is 1.93. The second-order valence-corrected chi connectivity index (χ2v) is 6.77. The Bertz CT molecular complexity index is 908. The molecular formula is C17H20N8. The standard InChI is InChI=1S/C17H20N8/c1-23-11-22-15-16(23)20-10-21-17(15)25-6-4-24(5-7-25)14-8-13(12-2-3-12)18-9-19-14/h8-12H,2-7H2,1H3. The second-order valence-electron chi connectivity index (χ2n) is 6.77. The average molecular weight is 336 g/mol. The van der Waals surface area contributed by atoms with E-state index in [1.54, 1.807) is 19.0 Å². The maximum atomic E-state index is 4.48. The van der Waals surface area contributed by atoms with E-state index in [2.05, 4.69) is 40.8 Å². The van der Waals surface area contributed by atoms with Gasteiger partial charge in [-0.25, -0.2) is 24.9 Å². The molecule has 0 radical (unpaired) electrons. The van der Waals surface area contributed by atoms with Crippen LogP contribution in [0.2, 0.25) is 0 Å². The molecule has 0 atom stereocenters. The van der Waals surface area contributed by atoms with Crippen LogP contribution in [0.15, 0.2) is 25.0 Å². The van der Waals surface area contributed by atoms with Crippen molar-refractivity contribution in [2.45, 2.75) is 18.8 Å². The van der Waals surface area contributed by atoms with Gasteiger partial charge in [-0.2, -0.15) is 0 Å². The smallest absolute Gasteiger partial charge is 0.165 e. The van der Waals surface area contributed by atoms with E-state index in [1.165, 1.54) is 18.5 Å². The maximum absolute atomic E-state index is 4.48. The lowest BCUT2D eigenvalue weighted by atomic mass is 10.2. The Morgan fingerprint density at radius 2 is 1.64 bits per heavy atom. The summed E-state index contributed by atoms with van der Waals surface area (Å²) in [5.41, 5.74) is 2.94. The van der Waals surface area contributed by atoms with Crippen LogP contribution in [0.25, 0.3) is 11.2 Å². The molecule has 8 nitrogen and oxygen atoms in total. The largest absolute Gasteiger partial charge is 0.353 e.